The van der Waals surface area contributed by atoms with E-state index in [1.54, 1.807) is 0 Å². The number of hydrogen-bond acceptors (Lipinski definition) is 1. The zero-order valence-electron chi connectivity index (χ0n) is 8.43. The van der Waals surface area contributed by atoms with Crippen LogP contribution in [0.4, 0.5) is 0 Å². The minimum Gasteiger partial charge on any atom is -0.286 e. The second-order valence-electron chi connectivity index (χ2n) is 3.63. The average Bonchev–Trinajstić information content (AvgIpc) is 2.04. The summed E-state index contributed by atoms with van der Waals surface area (Å²) >= 11 is 0. The van der Waals surface area contributed by atoms with Gasteiger partial charge in [-0.05, 0) is 32.3 Å². The fraction of sp³-hybridized carbons (Fsp3) is 0.727. The lowest BCUT2D eigenvalue weighted by molar-refractivity contribution is 0.635. The summed E-state index contributed by atoms with van der Waals surface area (Å²) in [6, 6.07) is 0.566. The molecule has 0 aromatic rings. The van der Waals surface area contributed by atoms with E-state index in [1.807, 2.05) is 0 Å². The number of nitrogens with zero attached hydrogens (tertiary/aromatic N) is 1. The van der Waals surface area contributed by atoms with Crippen LogP contribution in [0.5, 0.6) is 0 Å². The molecular weight excluding hydrogens is 146 g/mol. The van der Waals surface area contributed by atoms with Gasteiger partial charge in [0.25, 0.3) is 0 Å². The molecule has 0 aromatic carbocycles. The molecule has 1 nitrogen and oxygen atoms in total. The van der Waals surface area contributed by atoms with Crippen molar-refractivity contribution in [2.24, 2.45) is 4.99 Å². The molecule has 0 N–H and O–H groups in total. The van der Waals surface area contributed by atoms with Gasteiger partial charge < -0.3 is 0 Å². The van der Waals surface area contributed by atoms with Crippen LogP contribution in [0.1, 0.15) is 46.5 Å². The normalized spacial score (nSPS) is 23.4. The minimum atomic E-state index is 0.566. The van der Waals surface area contributed by atoms with Crippen molar-refractivity contribution in [3.05, 3.63) is 11.6 Å². The smallest absolute Gasteiger partial charge is 0.0537 e. The molecule has 0 amide bonds. The first kappa shape index (κ1) is 9.50. The van der Waals surface area contributed by atoms with Crippen LogP contribution < -0.4 is 0 Å². The Hall–Kier alpha value is -0.590. The zero-order valence-corrected chi connectivity index (χ0v) is 8.43. The maximum atomic E-state index is 4.68. The molecular formula is C11H19N. The Labute approximate surface area is 75.6 Å². The van der Waals surface area contributed by atoms with Crippen LogP contribution in [0.25, 0.3) is 0 Å². The molecule has 1 heteroatoms. The number of rotatable bonds is 3. The third-order valence-corrected chi connectivity index (χ3v) is 2.30. The summed E-state index contributed by atoms with van der Waals surface area (Å²) in [5.41, 5.74) is 2.81. The maximum absolute atomic E-state index is 4.68. The fourth-order valence-electron chi connectivity index (χ4n) is 1.66. The van der Waals surface area contributed by atoms with E-state index >= 15 is 0 Å². The molecule has 0 bridgehead atoms. The summed E-state index contributed by atoms with van der Waals surface area (Å²) in [6.45, 7) is 6.64. The number of allylic oxidation sites excluding steroid dienone is 1. The molecule has 1 rings (SSSR count). The van der Waals surface area contributed by atoms with Crippen molar-refractivity contribution < 1.29 is 0 Å². The van der Waals surface area contributed by atoms with Gasteiger partial charge in [0.05, 0.1) is 6.04 Å². The van der Waals surface area contributed by atoms with Crippen molar-refractivity contribution in [3.8, 4) is 0 Å². The molecule has 0 saturated heterocycles. The highest BCUT2D eigenvalue weighted by molar-refractivity contribution is 5.96. The SMILES string of the molecule is CCCC1=NC(CC)CC(C)=C1. The van der Waals surface area contributed by atoms with Gasteiger partial charge in [-0.15, -0.1) is 0 Å². The largest absolute Gasteiger partial charge is 0.286 e. The predicted molar refractivity (Wildman–Crippen MR) is 54.8 cm³/mol. The van der Waals surface area contributed by atoms with Gasteiger partial charge in [0.15, 0.2) is 0 Å². The topological polar surface area (TPSA) is 12.4 Å². The highest BCUT2D eigenvalue weighted by Crippen LogP contribution is 2.18. The van der Waals surface area contributed by atoms with Crippen LogP contribution >= 0.6 is 0 Å². The highest BCUT2D eigenvalue weighted by atomic mass is 14.8. The highest BCUT2D eigenvalue weighted by Gasteiger charge is 2.11. The molecule has 1 unspecified atom stereocenters. The molecule has 0 fully saturated rings. The number of hydrogen-bond donors (Lipinski definition) is 0. The lowest BCUT2D eigenvalue weighted by Gasteiger charge is -2.17. The summed E-state index contributed by atoms with van der Waals surface area (Å²) < 4.78 is 0. The quantitative estimate of drug-likeness (QED) is 0.608. The van der Waals surface area contributed by atoms with Gasteiger partial charge in [-0.3, -0.25) is 4.99 Å². The lowest BCUT2D eigenvalue weighted by Crippen LogP contribution is -2.12. The van der Waals surface area contributed by atoms with Gasteiger partial charge in [0.2, 0.25) is 0 Å². The third-order valence-electron chi connectivity index (χ3n) is 2.30. The molecule has 68 valence electrons. The molecule has 0 aromatic heterocycles. The zero-order chi connectivity index (χ0) is 8.97. The van der Waals surface area contributed by atoms with Gasteiger partial charge in [0.1, 0.15) is 0 Å². The van der Waals surface area contributed by atoms with Gasteiger partial charge in [-0.2, -0.15) is 0 Å². The van der Waals surface area contributed by atoms with E-state index in [2.05, 4.69) is 31.8 Å². The van der Waals surface area contributed by atoms with Crippen LogP contribution in [-0.4, -0.2) is 11.8 Å². The van der Waals surface area contributed by atoms with Crippen molar-refractivity contribution in [3.63, 3.8) is 0 Å². The lowest BCUT2D eigenvalue weighted by atomic mass is 9.99. The summed E-state index contributed by atoms with van der Waals surface area (Å²) in [7, 11) is 0. The second-order valence-corrected chi connectivity index (χ2v) is 3.63. The Morgan fingerprint density at radius 1 is 1.50 bits per heavy atom. The number of dihydropyridines is 1. The summed E-state index contributed by atoms with van der Waals surface area (Å²) in [5, 5.41) is 0. The monoisotopic (exact) mass is 165 g/mol. The Kier molecular flexibility index (Phi) is 3.51. The van der Waals surface area contributed by atoms with Crippen LogP contribution in [0.2, 0.25) is 0 Å². The van der Waals surface area contributed by atoms with E-state index in [-0.39, 0.29) is 0 Å². The van der Waals surface area contributed by atoms with Crippen molar-refractivity contribution in [2.45, 2.75) is 52.5 Å². The first-order valence-corrected chi connectivity index (χ1v) is 5.00. The molecule has 0 aliphatic carbocycles. The molecule has 0 spiro atoms. The molecule has 1 aliphatic rings. The van der Waals surface area contributed by atoms with E-state index in [0.29, 0.717) is 6.04 Å². The molecule has 1 atom stereocenters. The molecule has 1 aliphatic heterocycles. The number of aliphatic imine (C=N–C) groups is 1. The average molecular weight is 165 g/mol. The van der Waals surface area contributed by atoms with Crippen LogP contribution in [0.15, 0.2) is 16.6 Å². The summed E-state index contributed by atoms with van der Waals surface area (Å²) in [4.78, 5) is 4.68. The van der Waals surface area contributed by atoms with Gasteiger partial charge in [-0.25, -0.2) is 0 Å². The van der Waals surface area contributed by atoms with Crippen molar-refractivity contribution >= 4 is 5.71 Å². The Bertz CT molecular complexity index is 201. The van der Waals surface area contributed by atoms with Crippen molar-refractivity contribution in [1.82, 2.24) is 0 Å². The van der Waals surface area contributed by atoms with Gasteiger partial charge >= 0.3 is 0 Å². The van der Waals surface area contributed by atoms with Crippen LogP contribution in [0, 0.1) is 0 Å². The second kappa shape index (κ2) is 4.44. The molecule has 12 heavy (non-hydrogen) atoms. The summed E-state index contributed by atoms with van der Waals surface area (Å²) in [6.07, 6.45) is 6.96. The van der Waals surface area contributed by atoms with Crippen LogP contribution in [-0.2, 0) is 0 Å². The minimum absolute atomic E-state index is 0.566. The van der Waals surface area contributed by atoms with Gasteiger partial charge in [0, 0.05) is 5.71 Å². The predicted octanol–water partition coefficient (Wildman–Crippen LogP) is 3.36. The van der Waals surface area contributed by atoms with Crippen molar-refractivity contribution in [1.29, 1.82) is 0 Å². The van der Waals surface area contributed by atoms with E-state index in [9.17, 15) is 0 Å². The summed E-state index contributed by atoms with van der Waals surface area (Å²) in [5.74, 6) is 0. The van der Waals surface area contributed by atoms with Crippen LogP contribution in [0.3, 0.4) is 0 Å². The van der Waals surface area contributed by atoms with E-state index in [0.717, 1.165) is 6.42 Å². The molecule has 1 heterocycles. The third kappa shape index (κ3) is 2.47. The first-order valence-electron chi connectivity index (χ1n) is 5.00. The van der Waals surface area contributed by atoms with E-state index in [1.165, 1.54) is 30.5 Å². The maximum Gasteiger partial charge on any atom is 0.0537 e. The Morgan fingerprint density at radius 3 is 2.83 bits per heavy atom. The molecule has 0 radical (unpaired) electrons. The van der Waals surface area contributed by atoms with Crippen molar-refractivity contribution in [2.75, 3.05) is 0 Å². The molecule has 0 saturated carbocycles. The van der Waals surface area contributed by atoms with E-state index < -0.39 is 0 Å². The Morgan fingerprint density at radius 2 is 2.25 bits per heavy atom. The van der Waals surface area contributed by atoms with Gasteiger partial charge in [-0.1, -0.05) is 25.8 Å². The first-order chi connectivity index (χ1) is 5.76. The fourth-order valence-corrected chi connectivity index (χ4v) is 1.66. The standard InChI is InChI=1S/C11H19N/c1-4-6-11-8-9(3)7-10(5-2)12-11/h8,10H,4-7H2,1-3H3. The Balaban J connectivity index is 2.63. The van der Waals surface area contributed by atoms with E-state index in [4.69, 9.17) is 0 Å².